The lowest BCUT2D eigenvalue weighted by atomic mass is 9.93. The zero-order chi connectivity index (χ0) is 17.5. The lowest BCUT2D eigenvalue weighted by Crippen LogP contribution is -2.50. The van der Waals surface area contributed by atoms with Crippen molar-refractivity contribution in [3.63, 3.8) is 0 Å². The van der Waals surface area contributed by atoms with Crippen molar-refractivity contribution in [3.05, 3.63) is 0 Å². The number of nitrogens with one attached hydrogen (secondary N) is 3. The monoisotopic (exact) mass is 336 g/mol. The second-order valence-corrected chi connectivity index (χ2v) is 7.21. The summed E-state index contributed by atoms with van der Waals surface area (Å²) in [4.78, 5) is 13.9. The third-order valence-corrected chi connectivity index (χ3v) is 5.24. The van der Waals surface area contributed by atoms with Gasteiger partial charge in [0.05, 0.1) is 7.11 Å². The van der Waals surface area contributed by atoms with Crippen molar-refractivity contribution >= 4 is 17.5 Å². The number of carbonyl (C=O) groups is 1. The van der Waals surface area contributed by atoms with Gasteiger partial charge in [0, 0.05) is 37.3 Å². The Bertz CT molecular complexity index is 452. The Morgan fingerprint density at radius 3 is 2.25 bits per heavy atom. The van der Waals surface area contributed by atoms with Crippen molar-refractivity contribution in [2.75, 3.05) is 20.2 Å². The van der Waals surface area contributed by atoms with Crippen molar-refractivity contribution in [1.29, 1.82) is 10.8 Å². The summed E-state index contributed by atoms with van der Waals surface area (Å²) in [5, 5.41) is 19.8. The predicted octanol–water partition coefficient (Wildman–Crippen LogP) is 2.57. The zero-order valence-electron chi connectivity index (χ0n) is 15.1. The molecule has 0 radical (unpaired) electrons. The normalized spacial score (nSPS) is 21.3. The first-order valence-corrected chi connectivity index (χ1v) is 9.22. The van der Waals surface area contributed by atoms with Gasteiger partial charge < -0.3 is 20.4 Å². The van der Waals surface area contributed by atoms with Crippen LogP contribution in [0.4, 0.5) is 0 Å². The number of nitrogens with zero attached hydrogens (tertiary/aromatic N) is 1. The van der Waals surface area contributed by atoms with E-state index in [0.717, 1.165) is 25.9 Å². The van der Waals surface area contributed by atoms with Gasteiger partial charge in [-0.15, -0.1) is 0 Å². The number of esters is 1. The van der Waals surface area contributed by atoms with E-state index in [4.69, 9.17) is 15.6 Å². The summed E-state index contributed by atoms with van der Waals surface area (Å²) >= 11 is 0. The molecule has 6 heteroatoms. The molecule has 1 saturated heterocycles. The Balaban J connectivity index is 1.83. The average molecular weight is 336 g/mol. The maximum atomic E-state index is 12.0. The standard InChI is InChI=1S/C18H32N4O2/c1-13(19)12-16(18(23)24-2)17(20)22-10-8-15(9-11-22)21-14-6-4-3-5-7-14/h14-16,19-21H,3-12H2,1-2H3. The van der Waals surface area contributed by atoms with Crippen LogP contribution < -0.4 is 5.32 Å². The van der Waals surface area contributed by atoms with Gasteiger partial charge in [0.2, 0.25) is 0 Å². The zero-order valence-corrected chi connectivity index (χ0v) is 15.1. The Hall–Kier alpha value is -1.43. The van der Waals surface area contributed by atoms with Crippen LogP contribution in [0.3, 0.4) is 0 Å². The molecule has 0 aromatic rings. The fraction of sp³-hybridized carbons (Fsp3) is 0.833. The Morgan fingerprint density at radius 2 is 1.71 bits per heavy atom. The molecule has 2 fully saturated rings. The molecule has 0 aromatic carbocycles. The summed E-state index contributed by atoms with van der Waals surface area (Å²) in [7, 11) is 1.35. The lowest BCUT2D eigenvalue weighted by molar-refractivity contribution is -0.143. The van der Waals surface area contributed by atoms with E-state index >= 15 is 0 Å². The summed E-state index contributed by atoms with van der Waals surface area (Å²) in [6, 6.07) is 1.19. The first-order chi connectivity index (χ1) is 11.5. The van der Waals surface area contributed by atoms with Gasteiger partial charge in [-0.2, -0.15) is 0 Å². The number of rotatable bonds is 6. The number of hydrogen-bond donors (Lipinski definition) is 3. The van der Waals surface area contributed by atoms with E-state index in [2.05, 4.69) is 5.32 Å². The lowest BCUT2D eigenvalue weighted by Gasteiger charge is -2.38. The summed E-state index contributed by atoms with van der Waals surface area (Å²) in [6.45, 7) is 3.27. The second-order valence-electron chi connectivity index (χ2n) is 7.21. The number of piperidine rings is 1. The van der Waals surface area contributed by atoms with Gasteiger partial charge in [-0.3, -0.25) is 10.2 Å². The quantitative estimate of drug-likeness (QED) is 0.395. The number of ether oxygens (including phenoxy) is 1. The molecule has 1 heterocycles. The van der Waals surface area contributed by atoms with E-state index in [0.29, 0.717) is 23.6 Å². The predicted molar refractivity (Wildman–Crippen MR) is 95.9 cm³/mol. The van der Waals surface area contributed by atoms with Crippen molar-refractivity contribution in [2.45, 2.75) is 70.4 Å². The van der Waals surface area contributed by atoms with Crippen LogP contribution in [0.15, 0.2) is 0 Å². The third kappa shape index (κ3) is 5.30. The fourth-order valence-electron chi connectivity index (χ4n) is 3.85. The summed E-state index contributed by atoms with van der Waals surface area (Å²) in [5.41, 5.74) is 0.406. The highest BCUT2D eigenvalue weighted by molar-refractivity contribution is 6.02. The first-order valence-electron chi connectivity index (χ1n) is 9.22. The molecule has 0 aromatic heterocycles. The van der Waals surface area contributed by atoms with Crippen LogP contribution in [0.1, 0.15) is 58.3 Å². The molecule has 2 aliphatic rings. The molecule has 0 amide bonds. The van der Waals surface area contributed by atoms with E-state index in [1.165, 1.54) is 39.2 Å². The minimum atomic E-state index is -0.643. The van der Waals surface area contributed by atoms with E-state index < -0.39 is 11.9 Å². The molecule has 136 valence electrons. The van der Waals surface area contributed by atoms with Crippen LogP contribution in [0.25, 0.3) is 0 Å². The van der Waals surface area contributed by atoms with Gasteiger partial charge in [0.15, 0.2) is 0 Å². The molecule has 1 saturated carbocycles. The smallest absolute Gasteiger partial charge is 0.316 e. The molecule has 1 atom stereocenters. The molecule has 6 nitrogen and oxygen atoms in total. The average Bonchev–Trinajstić information content (AvgIpc) is 2.60. The van der Waals surface area contributed by atoms with Gasteiger partial charge in [-0.25, -0.2) is 0 Å². The third-order valence-electron chi connectivity index (χ3n) is 5.24. The second kappa shape index (κ2) is 9.16. The van der Waals surface area contributed by atoms with Gasteiger partial charge in [-0.05, 0) is 32.6 Å². The fourth-order valence-corrected chi connectivity index (χ4v) is 3.85. The molecule has 0 bridgehead atoms. The maximum Gasteiger partial charge on any atom is 0.316 e. The van der Waals surface area contributed by atoms with Gasteiger partial charge in [0.1, 0.15) is 11.8 Å². The van der Waals surface area contributed by atoms with E-state index in [1.54, 1.807) is 6.92 Å². The first kappa shape index (κ1) is 18.9. The van der Waals surface area contributed by atoms with Crippen LogP contribution in [0.5, 0.6) is 0 Å². The minimum absolute atomic E-state index is 0.270. The molecule has 1 unspecified atom stereocenters. The molecule has 0 spiro atoms. The van der Waals surface area contributed by atoms with Gasteiger partial charge in [-0.1, -0.05) is 19.3 Å². The van der Waals surface area contributed by atoms with Crippen molar-refractivity contribution in [1.82, 2.24) is 10.2 Å². The largest absolute Gasteiger partial charge is 0.468 e. The molecule has 24 heavy (non-hydrogen) atoms. The number of amidine groups is 1. The van der Waals surface area contributed by atoms with E-state index in [-0.39, 0.29) is 6.42 Å². The summed E-state index contributed by atoms with van der Waals surface area (Å²) < 4.78 is 4.83. The number of carbonyl (C=O) groups excluding carboxylic acids is 1. The van der Waals surface area contributed by atoms with Crippen molar-refractivity contribution in [3.8, 4) is 0 Å². The highest BCUT2D eigenvalue weighted by Gasteiger charge is 2.31. The van der Waals surface area contributed by atoms with Crippen LogP contribution in [0.2, 0.25) is 0 Å². The van der Waals surface area contributed by atoms with Gasteiger partial charge >= 0.3 is 5.97 Å². The minimum Gasteiger partial charge on any atom is -0.468 e. The van der Waals surface area contributed by atoms with Crippen LogP contribution in [0, 0.1) is 16.7 Å². The number of methoxy groups -OCH3 is 1. The topological polar surface area (TPSA) is 89.3 Å². The number of likely N-dealkylation sites (tertiary alicyclic amines) is 1. The highest BCUT2D eigenvalue weighted by atomic mass is 16.5. The molecule has 2 rings (SSSR count). The summed E-state index contributed by atoms with van der Waals surface area (Å²) in [5.74, 6) is -0.742. The molecular formula is C18H32N4O2. The van der Waals surface area contributed by atoms with Gasteiger partial charge in [0.25, 0.3) is 0 Å². The van der Waals surface area contributed by atoms with E-state index in [1.807, 2.05) is 4.90 Å². The highest BCUT2D eigenvalue weighted by Crippen LogP contribution is 2.21. The van der Waals surface area contributed by atoms with Crippen LogP contribution >= 0.6 is 0 Å². The Morgan fingerprint density at radius 1 is 1.12 bits per heavy atom. The Kier molecular flexibility index (Phi) is 7.21. The number of hydrogen-bond acceptors (Lipinski definition) is 5. The SMILES string of the molecule is COC(=O)C(CC(C)=N)C(=N)N1CCC(NC2CCCCC2)CC1. The Labute approximate surface area is 145 Å². The molecular weight excluding hydrogens is 304 g/mol. The maximum absolute atomic E-state index is 12.0. The van der Waals surface area contributed by atoms with Crippen LogP contribution in [-0.2, 0) is 9.53 Å². The van der Waals surface area contributed by atoms with Crippen molar-refractivity contribution in [2.24, 2.45) is 5.92 Å². The van der Waals surface area contributed by atoms with Crippen LogP contribution in [-0.4, -0.2) is 54.7 Å². The molecule has 1 aliphatic carbocycles. The van der Waals surface area contributed by atoms with Crippen molar-refractivity contribution < 1.29 is 9.53 Å². The molecule has 3 N–H and O–H groups in total. The summed E-state index contributed by atoms with van der Waals surface area (Å²) in [6.07, 6.45) is 8.92. The molecule has 1 aliphatic heterocycles. The van der Waals surface area contributed by atoms with E-state index in [9.17, 15) is 4.79 Å².